The third-order valence-electron chi connectivity index (χ3n) is 3.52. The Morgan fingerprint density at radius 1 is 1.48 bits per heavy atom. The molecule has 6 heteroatoms. The molecule has 1 fully saturated rings. The third-order valence-corrected chi connectivity index (χ3v) is 5.52. The Balaban J connectivity index is 1.83. The molecule has 1 saturated carbocycles. The van der Waals surface area contributed by atoms with Crippen molar-refractivity contribution >= 4 is 27.8 Å². The van der Waals surface area contributed by atoms with Crippen molar-refractivity contribution in [1.82, 2.24) is 10.3 Å². The molecule has 0 amide bonds. The highest BCUT2D eigenvalue weighted by Crippen LogP contribution is 2.37. The van der Waals surface area contributed by atoms with Gasteiger partial charge in [-0.1, -0.05) is 6.07 Å². The lowest BCUT2D eigenvalue weighted by Gasteiger charge is -2.20. The summed E-state index contributed by atoms with van der Waals surface area (Å²) in [5.74, 6) is 0. The zero-order valence-corrected chi connectivity index (χ0v) is 14.1. The van der Waals surface area contributed by atoms with Crippen LogP contribution in [0.5, 0.6) is 0 Å². The van der Waals surface area contributed by atoms with Crippen LogP contribution in [-0.2, 0) is 24.4 Å². The number of hydrogen-bond acceptors (Lipinski definition) is 6. The summed E-state index contributed by atoms with van der Waals surface area (Å²) < 4.78 is 5.29. The van der Waals surface area contributed by atoms with Crippen LogP contribution in [-0.4, -0.2) is 25.2 Å². The summed E-state index contributed by atoms with van der Waals surface area (Å²) in [6.07, 6.45) is 2.57. The van der Waals surface area contributed by atoms with Gasteiger partial charge in [-0.05, 0) is 31.3 Å². The molecule has 0 spiro atoms. The number of anilines is 1. The summed E-state index contributed by atoms with van der Waals surface area (Å²) in [5.41, 5.74) is 1.07. The third kappa shape index (κ3) is 3.63. The predicted molar refractivity (Wildman–Crippen MR) is 89.1 cm³/mol. The molecule has 0 aromatic carbocycles. The van der Waals surface area contributed by atoms with Crippen LogP contribution in [0.3, 0.4) is 0 Å². The van der Waals surface area contributed by atoms with Gasteiger partial charge in [0.2, 0.25) is 0 Å². The van der Waals surface area contributed by atoms with Crippen LogP contribution >= 0.6 is 22.7 Å². The first-order valence-electron chi connectivity index (χ1n) is 7.23. The van der Waals surface area contributed by atoms with Gasteiger partial charge in [0.15, 0.2) is 5.13 Å². The Labute approximate surface area is 133 Å². The largest absolute Gasteiger partial charge is 0.378 e. The number of thiophene rings is 1. The van der Waals surface area contributed by atoms with Crippen LogP contribution in [0, 0.1) is 0 Å². The Hall–Kier alpha value is -0.950. The van der Waals surface area contributed by atoms with Gasteiger partial charge in [-0.2, -0.15) is 0 Å². The van der Waals surface area contributed by atoms with E-state index in [-0.39, 0.29) is 0 Å². The summed E-state index contributed by atoms with van der Waals surface area (Å²) in [5, 5.41) is 6.51. The van der Waals surface area contributed by atoms with Crippen LogP contribution < -0.4 is 10.2 Å². The molecule has 0 unspecified atom stereocenters. The minimum Gasteiger partial charge on any atom is -0.378 e. The van der Waals surface area contributed by atoms with Crippen molar-refractivity contribution in [3.05, 3.63) is 33.0 Å². The van der Waals surface area contributed by atoms with Gasteiger partial charge in [0, 0.05) is 29.5 Å². The van der Waals surface area contributed by atoms with Gasteiger partial charge in [-0.25, -0.2) is 4.98 Å². The van der Waals surface area contributed by atoms with E-state index in [1.807, 2.05) is 18.4 Å². The fourth-order valence-electron chi connectivity index (χ4n) is 2.35. The lowest BCUT2D eigenvalue weighted by Crippen LogP contribution is -2.24. The van der Waals surface area contributed by atoms with Crippen molar-refractivity contribution in [2.75, 3.05) is 19.1 Å². The van der Waals surface area contributed by atoms with Gasteiger partial charge in [-0.3, -0.25) is 0 Å². The number of methoxy groups -OCH3 is 1. The van der Waals surface area contributed by atoms with E-state index < -0.39 is 0 Å². The molecular weight excluding hydrogens is 302 g/mol. The minimum absolute atomic E-state index is 0.588. The molecule has 2 heterocycles. The topological polar surface area (TPSA) is 37.4 Å². The van der Waals surface area contributed by atoms with E-state index >= 15 is 0 Å². The van der Waals surface area contributed by atoms with Crippen molar-refractivity contribution in [2.45, 2.75) is 38.6 Å². The predicted octanol–water partition coefficient (Wildman–Crippen LogP) is 3.24. The van der Waals surface area contributed by atoms with Gasteiger partial charge in [0.1, 0.15) is 0 Å². The molecule has 1 aliphatic rings. The molecule has 0 saturated heterocycles. The van der Waals surface area contributed by atoms with E-state index in [0.29, 0.717) is 12.6 Å². The molecular formula is C15H21N3OS2. The van der Waals surface area contributed by atoms with Crippen LogP contribution in [0.4, 0.5) is 5.13 Å². The Morgan fingerprint density at radius 3 is 2.95 bits per heavy atom. The highest BCUT2D eigenvalue weighted by molar-refractivity contribution is 7.15. The maximum absolute atomic E-state index is 5.29. The minimum atomic E-state index is 0.588. The molecule has 2 aromatic rings. The Morgan fingerprint density at radius 2 is 2.33 bits per heavy atom. The lowest BCUT2D eigenvalue weighted by molar-refractivity contribution is 0.181. The maximum atomic E-state index is 5.29. The van der Waals surface area contributed by atoms with Crippen LogP contribution in [0.15, 0.2) is 17.5 Å². The second kappa shape index (κ2) is 6.87. The Bertz CT molecular complexity index is 540. The summed E-state index contributed by atoms with van der Waals surface area (Å²) in [6, 6.07) is 4.99. The Kier molecular flexibility index (Phi) is 4.90. The van der Waals surface area contributed by atoms with Gasteiger partial charge >= 0.3 is 0 Å². The molecule has 3 rings (SSSR count). The van der Waals surface area contributed by atoms with Gasteiger partial charge in [-0.15, -0.1) is 22.7 Å². The van der Waals surface area contributed by atoms with E-state index in [2.05, 4.69) is 27.7 Å². The fourth-order valence-corrected chi connectivity index (χ4v) is 4.20. The SMILES string of the molecule is CNCc1sc(N(Cc2cccs2)C2CC2)nc1COC. The fraction of sp³-hybridized carbons (Fsp3) is 0.533. The molecule has 0 bridgehead atoms. The highest BCUT2D eigenvalue weighted by atomic mass is 32.1. The summed E-state index contributed by atoms with van der Waals surface area (Å²) in [7, 11) is 3.70. The molecule has 4 nitrogen and oxygen atoms in total. The van der Waals surface area contributed by atoms with Crippen molar-refractivity contribution in [3.63, 3.8) is 0 Å². The first-order chi connectivity index (χ1) is 10.3. The standard InChI is InChI=1S/C15H21N3OS2/c1-16-8-14-13(10-19-2)17-15(21-14)18(11-5-6-11)9-12-4-3-7-20-12/h3-4,7,11,16H,5-6,8-10H2,1-2H3. The average Bonchev–Trinajstić information content (AvgIpc) is 3.04. The molecule has 0 atom stereocenters. The van der Waals surface area contributed by atoms with Gasteiger partial charge < -0.3 is 15.0 Å². The number of aromatic nitrogens is 1. The maximum Gasteiger partial charge on any atom is 0.186 e. The van der Waals surface area contributed by atoms with Gasteiger partial charge in [0.25, 0.3) is 0 Å². The highest BCUT2D eigenvalue weighted by Gasteiger charge is 2.31. The number of nitrogens with zero attached hydrogens (tertiary/aromatic N) is 2. The smallest absolute Gasteiger partial charge is 0.186 e. The molecule has 21 heavy (non-hydrogen) atoms. The van der Waals surface area contributed by atoms with E-state index in [1.54, 1.807) is 18.4 Å². The number of nitrogens with one attached hydrogen (secondary N) is 1. The number of hydrogen-bond donors (Lipinski definition) is 1. The van der Waals surface area contributed by atoms with Crippen molar-refractivity contribution in [3.8, 4) is 0 Å². The number of thiazole rings is 1. The number of ether oxygens (including phenoxy) is 1. The van der Waals surface area contributed by atoms with E-state index in [0.717, 1.165) is 23.9 Å². The van der Waals surface area contributed by atoms with E-state index in [4.69, 9.17) is 9.72 Å². The lowest BCUT2D eigenvalue weighted by atomic mass is 10.4. The zero-order chi connectivity index (χ0) is 14.7. The normalized spacial score (nSPS) is 14.6. The number of rotatable bonds is 8. The monoisotopic (exact) mass is 323 g/mol. The zero-order valence-electron chi connectivity index (χ0n) is 12.5. The van der Waals surface area contributed by atoms with Crippen molar-refractivity contribution in [2.24, 2.45) is 0 Å². The van der Waals surface area contributed by atoms with E-state index in [1.165, 1.54) is 22.6 Å². The van der Waals surface area contributed by atoms with Crippen LogP contribution in [0.25, 0.3) is 0 Å². The summed E-state index contributed by atoms with van der Waals surface area (Å²) >= 11 is 3.62. The molecule has 0 radical (unpaired) electrons. The average molecular weight is 323 g/mol. The quantitative estimate of drug-likeness (QED) is 0.809. The van der Waals surface area contributed by atoms with Crippen LogP contribution in [0.2, 0.25) is 0 Å². The van der Waals surface area contributed by atoms with Crippen molar-refractivity contribution < 1.29 is 4.74 Å². The molecule has 2 aromatic heterocycles. The second-order valence-corrected chi connectivity index (χ2v) is 7.36. The molecule has 1 N–H and O–H groups in total. The molecule has 0 aliphatic heterocycles. The van der Waals surface area contributed by atoms with Crippen molar-refractivity contribution in [1.29, 1.82) is 0 Å². The molecule has 1 aliphatic carbocycles. The molecule has 114 valence electrons. The summed E-state index contributed by atoms with van der Waals surface area (Å²) in [4.78, 5) is 10.00. The second-order valence-electron chi connectivity index (χ2n) is 5.27. The first-order valence-corrected chi connectivity index (χ1v) is 8.92. The van der Waals surface area contributed by atoms with Gasteiger partial charge in [0.05, 0.1) is 18.8 Å². The van der Waals surface area contributed by atoms with E-state index in [9.17, 15) is 0 Å². The van der Waals surface area contributed by atoms with Crippen LogP contribution in [0.1, 0.15) is 28.3 Å². The summed E-state index contributed by atoms with van der Waals surface area (Å²) in [6.45, 7) is 2.42. The first kappa shape index (κ1) is 15.0.